The first-order chi connectivity index (χ1) is 13.8. The lowest BCUT2D eigenvalue weighted by atomic mass is 10.2. The lowest BCUT2D eigenvalue weighted by molar-refractivity contribution is -0.142. The van der Waals surface area contributed by atoms with Crippen molar-refractivity contribution in [1.29, 1.82) is 0 Å². The number of anilines is 1. The topological polar surface area (TPSA) is 114 Å². The zero-order valence-electron chi connectivity index (χ0n) is 15.7. The van der Waals surface area contributed by atoms with E-state index < -0.39 is 21.9 Å². The van der Waals surface area contributed by atoms with Gasteiger partial charge in [0.1, 0.15) is 0 Å². The summed E-state index contributed by atoms with van der Waals surface area (Å²) >= 11 is 5.03. The van der Waals surface area contributed by atoms with E-state index in [-0.39, 0.29) is 29.4 Å². The minimum Gasteiger partial charge on any atom is -0.469 e. The fraction of sp³-hybridized carbons (Fsp3) is 0.211. The molecule has 0 spiro atoms. The van der Waals surface area contributed by atoms with E-state index in [0.717, 1.165) is 5.56 Å². The van der Waals surface area contributed by atoms with Crippen molar-refractivity contribution in [3.05, 3.63) is 60.2 Å². The Hall–Kier alpha value is -2.82. The normalized spacial score (nSPS) is 10.8. The van der Waals surface area contributed by atoms with E-state index in [1.54, 1.807) is 0 Å². The summed E-state index contributed by atoms with van der Waals surface area (Å²) in [6.07, 6.45) is -0.105. The molecule has 0 atom stereocenters. The zero-order chi connectivity index (χ0) is 21.3. The van der Waals surface area contributed by atoms with E-state index in [2.05, 4.69) is 20.1 Å². The molecule has 8 nitrogen and oxygen atoms in total. The number of carbonyl (C=O) groups excluding carboxylic acids is 2. The van der Waals surface area contributed by atoms with Gasteiger partial charge in [-0.15, -0.1) is 0 Å². The van der Waals surface area contributed by atoms with Crippen LogP contribution in [0.1, 0.15) is 18.4 Å². The number of ether oxygens (including phenoxy) is 1. The number of sulfonamides is 1. The third-order valence-electron chi connectivity index (χ3n) is 3.77. The van der Waals surface area contributed by atoms with E-state index in [1.165, 1.54) is 31.4 Å². The van der Waals surface area contributed by atoms with Crippen molar-refractivity contribution in [3.63, 3.8) is 0 Å². The van der Waals surface area contributed by atoms with Crippen molar-refractivity contribution in [2.45, 2.75) is 24.3 Å². The Balaban J connectivity index is 1.88. The van der Waals surface area contributed by atoms with Crippen LogP contribution >= 0.6 is 12.2 Å². The Labute approximate surface area is 174 Å². The van der Waals surface area contributed by atoms with Crippen LogP contribution < -0.4 is 15.4 Å². The van der Waals surface area contributed by atoms with Gasteiger partial charge in [0, 0.05) is 18.7 Å². The maximum atomic E-state index is 12.4. The van der Waals surface area contributed by atoms with E-state index in [9.17, 15) is 18.0 Å². The lowest BCUT2D eigenvalue weighted by Crippen LogP contribution is -2.34. The van der Waals surface area contributed by atoms with Crippen molar-refractivity contribution < 1.29 is 22.7 Å². The molecular formula is C19H21N3O5S2. The van der Waals surface area contributed by atoms with Gasteiger partial charge in [0.05, 0.1) is 18.4 Å². The molecule has 0 saturated heterocycles. The van der Waals surface area contributed by atoms with Gasteiger partial charge in [-0.05, 0) is 42.0 Å². The highest BCUT2D eigenvalue weighted by Gasteiger charge is 2.14. The molecule has 0 aromatic heterocycles. The van der Waals surface area contributed by atoms with Gasteiger partial charge in [0.2, 0.25) is 15.9 Å². The number of benzene rings is 2. The zero-order valence-corrected chi connectivity index (χ0v) is 17.3. The van der Waals surface area contributed by atoms with Crippen LogP contribution in [0, 0.1) is 0 Å². The van der Waals surface area contributed by atoms with E-state index >= 15 is 0 Å². The maximum absolute atomic E-state index is 12.4. The maximum Gasteiger partial charge on any atom is 0.306 e. The van der Waals surface area contributed by atoms with Crippen LogP contribution in [0.15, 0.2) is 59.5 Å². The monoisotopic (exact) mass is 435 g/mol. The van der Waals surface area contributed by atoms with Gasteiger partial charge >= 0.3 is 5.97 Å². The average molecular weight is 436 g/mol. The van der Waals surface area contributed by atoms with Crippen LogP contribution in [0.3, 0.4) is 0 Å². The standard InChI is InChI=1S/C19H21N3O5S2/c1-27-18(24)12-11-17(23)22-19(28)21-15-7-9-16(10-8-15)29(25,26)20-13-14-5-3-2-4-6-14/h2-10,20H,11-13H2,1H3,(H2,21,22,23,28). The molecule has 2 aromatic carbocycles. The molecule has 0 aliphatic heterocycles. The third kappa shape index (κ3) is 7.60. The van der Waals surface area contributed by atoms with Gasteiger partial charge in [0.15, 0.2) is 5.11 Å². The predicted molar refractivity (Wildman–Crippen MR) is 113 cm³/mol. The molecule has 1 amide bonds. The summed E-state index contributed by atoms with van der Waals surface area (Å²) in [5, 5.41) is 5.25. The van der Waals surface area contributed by atoms with Gasteiger partial charge in [-0.2, -0.15) is 0 Å². The summed E-state index contributed by atoms with van der Waals surface area (Å²) in [5.41, 5.74) is 1.35. The van der Waals surface area contributed by atoms with Crippen LogP contribution in [0.4, 0.5) is 5.69 Å². The number of hydrogen-bond acceptors (Lipinski definition) is 6. The number of amides is 1. The number of nitrogens with one attached hydrogen (secondary N) is 3. The van der Waals surface area contributed by atoms with E-state index in [4.69, 9.17) is 12.2 Å². The summed E-state index contributed by atoms with van der Waals surface area (Å²) in [6, 6.07) is 15.1. The molecule has 154 valence electrons. The molecule has 0 aliphatic carbocycles. The average Bonchev–Trinajstić information content (AvgIpc) is 2.71. The minimum absolute atomic E-state index is 0.0395. The van der Waals surface area contributed by atoms with E-state index in [1.807, 2.05) is 30.3 Å². The molecule has 2 aromatic rings. The molecule has 0 unspecified atom stereocenters. The minimum atomic E-state index is -3.66. The number of thiocarbonyl (C=S) groups is 1. The van der Waals surface area contributed by atoms with Crippen molar-refractivity contribution >= 4 is 44.9 Å². The quantitative estimate of drug-likeness (QED) is 0.429. The number of rotatable bonds is 8. The molecule has 2 rings (SSSR count). The first-order valence-electron chi connectivity index (χ1n) is 8.61. The second-order valence-electron chi connectivity index (χ2n) is 5.91. The van der Waals surface area contributed by atoms with Crippen LogP contribution in [-0.4, -0.2) is 32.5 Å². The van der Waals surface area contributed by atoms with E-state index in [0.29, 0.717) is 5.69 Å². The predicted octanol–water partition coefficient (Wildman–Crippen LogP) is 1.93. The van der Waals surface area contributed by atoms with Gasteiger partial charge in [-0.1, -0.05) is 30.3 Å². The fourth-order valence-corrected chi connectivity index (χ4v) is 3.49. The molecule has 10 heteroatoms. The fourth-order valence-electron chi connectivity index (χ4n) is 2.24. The van der Waals surface area contributed by atoms with Crippen molar-refractivity contribution in [1.82, 2.24) is 10.0 Å². The summed E-state index contributed by atoms with van der Waals surface area (Å²) in [7, 11) is -2.42. The van der Waals surface area contributed by atoms with Crippen LogP contribution in [-0.2, 0) is 30.9 Å². The van der Waals surface area contributed by atoms with Gasteiger partial charge in [0.25, 0.3) is 0 Å². The van der Waals surface area contributed by atoms with Gasteiger partial charge in [-0.3, -0.25) is 9.59 Å². The van der Waals surface area contributed by atoms with Gasteiger partial charge in [-0.25, -0.2) is 13.1 Å². The van der Waals surface area contributed by atoms with Crippen LogP contribution in [0.2, 0.25) is 0 Å². The number of esters is 1. The number of hydrogen-bond donors (Lipinski definition) is 3. The molecule has 0 bridgehead atoms. The molecule has 0 aliphatic rings. The highest BCUT2D eigenvalue weighted by Crippen LogP contribution is 2.14. The molecule has 0 fully saturated rings. The summed E-state index contributed by atoms with van der Waals surface area (Å²) < 4.78 is 31.8. The smallest absolute Gasteiger partial charge is 0.306 e. The number of carbonyl (C=O) groups is 2. The van der Waals surface area contributed by atoms with Crippen molar-refractivity contribution in [2.24, 2.45) is 0 Å². The second-order valence-corrected chi connectivity index (χ2v) is 8.09. The Bertz CT molecular complexity index is 961. The number of methoxy groups -OCH3 is 1. The first-order valence-corrected chi connectivity index (χ1v) is 10.5. The Kier molecular flexibility index (Phi) is 8.25. The second kappa shape index (κ2) is 10.6. The molecule has 3 N–H and O–H groups in total. The Morgan fingerprint density at radius 2 is 1.66 bits per heavy atom. The summed E-state index contributed by atoms with van der Waals surface area (Å²) in [6.45, 7) is 0.185. The Morgan fingerprint density at radius 3 is 2.28 bits per heavy atom. The van der Waals surface area contributed by atoms with Crippen LogP contribution in [0.5, 0.6) is 0 Å². The molecule has 0 heterocycles. The van der Waals surface area contributed by atoms with Gasteiger partial charge < -0.3 is 15.4 Å². The molecular weight excluding hydrogens is 414 g/mol. The highest BCUT2D eigenvalue weighted by molar-refractivity contribution is 7.89. The van der Waals surface area contributed by atoms with Crippen molar-refractivity contribution in [2.75, 3.05) is 12.4 Å². The summed E-state index contributed by atoms with van der Waals surface area (Å²) in [5.74, 6) is -0.922. The van der Waals surface area contributed by atoms with Crippen LogP contribution in [0.25, 0.3) is 0 Å². The summed E-state index contributed by atoms with van der Waals surface area (Å²) in [4.78, 5) is 22.8. The molecule has 29 heavy (non-hydrogen) atoms. The SMILES string of the molecule is COC(=O)CCC(=O)NC(=S)Nc1ccc(S(=O)(=O)NCc2ccccc2)cc1. The lowest BCUT2D eigenvalue weighted by Gasteiger charge is -2.11. The molecule has 0 radical (unpaired) electrons. The Morgan fingerprint density at radius 1 is 1.00 bits per heavy atom. The molecule has 0 saturated carbocycles. The highest BCUT2D eigenvalue weighted by atomic mass is 32.2. The third-order valence-corrected chi connectivity index (χ3v) is 5.39. The first kappa shape index (κ1) is 22.5. The van der Waals surface area contributed by atoms with Crippen molar-refractivity contribution in [3.8, 4) is 0 Å². The largest absolute Gasteiger partial charge is 0.469 e.